The number of fused-ring (bicyclic) bond motifs is 4. The Bertz CT molecular complexity index is 908. The van der Waals surface area contributed by atoms with Gasteiger partial charge in [0.2, 0.25) is 5.91 Å². The molecule has 3 aliphatic rings. The Morgan fingerprint density at radius 1 is 1.37 bits per heavy atom. The highest BCUT2D eigenvalue weighted by Gasteiger charge is 2.56. The van der Waals surface area contributed by atoms with Crippen molar-refractivity contribution in [3.05, 3.63) is 28.2 Å². The van der Waals surface area contributed by atoms with Gasteiger partial charge in [0, 0.05) is 27.7 Å². The van der Waals surface area contributed by atoms with Crippen LogP contribution in [-0.2, 0) is 10.3 Å². The number of nitrogens with two attached hydrogens (primary N) is 1. The fourth-order valence-electron chi connectivity index (χ4n) is 4.49. The molecule has 0 radical (unpaired) electrons. The van der Waals surface area contributed by atoms with Crippen molar-refractivity contribution in [1.29, 1.82) is 0 Å². The molecule has 1 amide bonds. The number of halogens is 4. The number of benzene rings is 1. The molecular weight excluding hydrogens is 483 g/mol. The van der Waals surface area contributed by atoms with Crippen molar-refractivity contribution in [3.63, 3.8) is 0 Å². The number of thioether (sulfide) groups is 1. The summed E-state index contributed by atoms with van der Waals surface area (Å²) >= 11 is 4.97. The molecule has 0 saturated heterocycles. The van der Waals surface area contributed by atoms with Crippen LogP contribution in [0.5, 0.6) is 5.75 Å². The first-order chi connectivity index (χ1) is 13.9. The second kappa shape index (κ2) is 7.32. The molecule has 1 aromatic carbocycles. The minimum Gasteiger partial charge on any atom is -0.490 e. The predicted octanol–water partition coefficient (Wildman–Crippen LogP) is 4.34. The van der Waals surface area contributed by atoms with Gasteiger partial charge in [0.05, 0.1) is 0 Å². The zero-order valence-corrected chi connectivity index (χ0v) is 19.0. The number of nitrogens with zero attached hydrogens (tertiary/aromatic N) is 1. The third kappa shape index (κ3) is 3.49. The maximum atomic E-state index is 13.3. The monoisotopic (exact) mass is 505 g/mol. The Morgan fingerprint density at radius 2 is 2.10 bits per heavy atom. The number of carbonyl (C=O) groups is 1. The van der Waals surface area contributed by atoms with E-state index in [1.807, 2.05) is 18.2 Å². The van der Waals surface area contributed by atoms with Crippen molar-refractivity contribution in [2.75, 3.05) is 5.75 Å². The van der Waals surface area contributed by atoms with Crippen molar-refractivity contribution in [3.8, 4) is 5.75 Å². The molecule has 4 rings (SSSR count). The van der Waals surface area contributed by atoms with Gasteiger partial charge in [0.1, 0.15) is 22.8 Å². The van der Waals surface area contributed by atoms with Crippen molar-refractivity contribution in [1.82, 2.24) is 5.32 Å². The molecule has 5 nitrogen and oxygen atoms in total. The number of hydrogen-bond donors (Lipinski definition) is 2. The highest BCUT2D eigenvalue weighted by Crippen LogP contribution is 2.54. The number of alkyl halides is 3. The molecule has 3 N–H and O–H groups in total. The SMILES string of the molecule is CC(C)(C(=O)N[C@H]1CC[C@@H]2Oc3ccc(Br)cc3C3(CSC(N)=N3)[C@H]2C1)C(F)(F)F. The molecule has 0 aromatic heterocycles. The van der Waals surface area contributed by atoms with Crippen LogP contribution in [0.15, 0.2) is 27.7 Å². The van der Waals surface area contributed by atoms with Gasteiger partial charge < -0.3 is 15.8 Å². The molecule has 1 aliphatic carbocycles. The molecule has 1 aromatic rings. The molecule has 164 valence electrons. The number of rotatable bonds is 2. The van der Waals surface area contributed by atoms with Gasteiger partial charge in [-0.3, -0.25) is 4.79 Å². The quantitative estimate of drug-likeness (QED) is 0.626. The number of amidine groups is 1. The molecule has 2 heterocycles. The van der Waals surface area contributed by atoms with Crippen molar-refractivity contribution in [2.24, 2.45) is 22.1 Å². The zero-order chi connectivity index (χ0) is 21.9. The van der Waals surface area contributed by atoms with Crippen LogP contribution < -0.4 is 15.8 Å². The zero-order valence-electron chi connectivity index (χ0n) is 16.6. The molecule has 1 unspecified atom stereocenters. The second-order valence-electron chi connectivity index (χ2n) is 8.67. The van der Waals surface area contributed by atoms with E-state index in [1.165, 1.54) is 11.8 Å². The standard InChI is InChI=1S/C20H23BrF3N3O2S/c1-18(2,20(22,23)24)16(28)26-11-4-6-15-13(8-11)19(9-30-17(25)27-19)12-7-10(21)3-5-14(12)29-15/h3,5,7,11,13,15H,4,6,8-9H2,1-2H3,(H2,25,27)(H,26,28)/t11-,13-,15-,19?/m0/s1. The summed E-state index contributed by atoms with van der Waals surface area (Å²) < 4.78 is 47.0. The Labute approximate surface area is 185 Å². The van der Waals surface area contributed by atoms with Gasteiger partial charge in [-0.15, -0.1) is 0 Å². The number of carbonyl (C=O) groups excluding carboxylic acids is 1. The lowest BCUT2D eigenvalue weighted by molar-refractivity contribution is -0.212. The number of ether oxygens (including phenoxy) is 1. The maximum absolute atomic E-state index is 13.3. The fourth-order valence-corrected chi connectivity index (χ4v) is 5.88. The van der Waals surface area contributed by atoms with E-state index in [-0.39, 0.29) is 18.1 Å². The number of hydrogen-bond acceptors (Lipinski definition) is 5. The van der Waals surface area contributed by atoms with Gasteiger partial charge in [-0.1, -0.05) is 27.7 Å². The summed E-state index contributed by atoms with van der Waals surface area (Å²) in [6.07, 6.45) is -3.09. The van der Waals surface area contributed by atoms with Gasteiger partial charge in [0.25, 0.3) is 0 Å². The maximum Gasteiger partial charge on any atom is 0.402 e. The third-order valence-corrected chi connectivity index (χ3v) is 7.91. The minimum absolute atomic E-state index is 0.0964. The first kappa shape index (κ1) is 21.8. The highest BCUT2D eigenvalue weighted by molar-refractivity contribution is 9.10. The van der Waals surface area contributed by atoms with Crippen LogP contribution in [0.25, 0.3) is 0 Å². The van der Waals surface area contributed by atoms with Gasteiger partial charge >= 0.3 is 6.18 Å². The van der Waals surface area contributed by atoms with Crippen LogP contribution in [0.4, 0.5) is 13.2 Å². The van der Waals surface area contributed by atoms with E-state index in [0.29, 0.717) is 30.2 Å². The van der Waals surface area contributed by atoms with Gasteiger partial charge in [-0.2, -0.15) is 13.2 Å². The summed E-state index contributed by atoms with van der Waals surface area (Å²) in [6, 6.07) is 5.42. The summed E-state index contributed by atoms with van der Waals surface area (Å²) in [7, 11) is 0. The van der Waals surface area contributed by atoms with Gasteiger partial charge in [0.15, 0.2) is 5.17 Å². The Balaban J connectivity index is 1.63. The smallest absolute Gasteiger partial charge is 0.402 e. The van der Waals surface area contributed by atoms with Crippen LogP contribution in [0.2, 0.25) is 0 Å². The van der Waals surface area contributed by atoms with Crippen LogP contribution in [0, 0.1) is 11.3 Å². The topological polar surface area (TPSA) is 76.7 Å². The average molecular weight is 506 g/mol. The first-order valence-corrected chi connectivity index (χ1v) is 11.5. The van der Waals surface area contributed by atoms with Crippen molar-refractivity contribution < 1.29 is 22.7 Å². The predicted molar refractivity (Wildman–Crippen MR) is 113 cm³/mol. The van der Waals surface area contributed by atoms with Crippen LogP contribution in [0.3, 0.4) is 0 Å². The van der Waals surface area contributed by atoms with Crippen molar-refractivity contribution >= 4 is 38.8 Å². The fraction of sp³-hybridized carbons (Fsp3) is 0.600. The molecule has 1 saturated carbocycles. The highest BCUT2D eigenvalue weighted by atomic mass is 79.9. The van der Waals surface area contributed by atoms with Crippen LogP contribution in [0.1, 0.15) is 38.7 Å². The minimum atomic E-state index is -4.62. The Morgan fingerprint density at radius 3 is 2.73 bits per heavy atom. The summed E-state index contributed by atoms with van der Waals surface area (Å²) in [5, 5.41) is 3.13. The molecule has 2 aliphatic heterocycles. The molecule has 30 heavy (non-hydrogen) atoms. The summed E-state index contributed by atoms with van der Waals surface area (Å²) in [6.45, 7) is 1.82. The van der Waals surface area contributed by atoms with E-state index in [2.05, 4.69) is 21.2 Å². The average Bonchev–Trinajstić information content (AvgIpc) is 3.05. The Hall–Kier alpha value is -1.42. The summed E-state index contributed by atoms with van der Waals surface area (Å²) in [5.74, 6) is 0.304. The lowest BCUT2D eigenvalue weighted by Gasteiger charge is -2.49. The molecule has 10 heteroatoms. The molecule has 1 fully saturated rings. The van der Waals surface area contributed by atoms with Crippen LogP contribution >= 0.6 is 27.7 Å². The Kier molecular flexibility index (Phi) is 5.32. The molecule has 4 atom stereocenters. The first-order valence-electron chi connectivity index (χ1n) is 9.76. The lowest BCUT2D eigenvalue weighted by Crippen LogP contribution is -2.56. The van der Waals surface area contributed by atoms with E-state index >= 15 is 0 Å². The largest absolute Gasteiger partial charge is 0.490 e. The second-order valence-corrected chi connectivity index (χ2v) is 10.6. The van der Waals surface area contributed by atoms with Gasteiger partial charge in [-0.25, -0.2) is 4.99 Å². The van der Waals surface area contributed by atoms with E-state index in [0.717, 1.165) is 29.6 Å². The van der Waals surface area contributed by atoms with Crippen LogP contribution in [-0.4, -0.2) is 35.1 Å². The molecule has 1 spiro atoms. The third-order valence-electron chi connectivity index (χ3n) is 6.45. The number of nitrogens with one attached hydrogen (secondary N) is 1. The van der Waals surface area contributed by atoms with E-state index < -0.39 is 23.0 Å². The van der Waals surface area contributed by atoms with Gasteiger partial charge in [-0.05, 0) is 51.3 Å². The number of amides is 1. The van der Waals surface area contributed by atoms with E-state index in [1.54, 1.807) is 0 Å². The normalized spacial score (nSPS) is 30.9. The lowest BCUT2D eigenvalue weighted by atomic mass is 9.67. The molecule has 0 bridgehead atoms. The molecular formula is C20H23BrF3N3O2S. The van der Waals surface area contributed by atoms with Crippen molar-refractivity contribution in [2.45, 2.75) is 57.0 Å². The number of aliphatic imine (C=N–C) groups is 1. The van der Waals surface area contributed by atoms with E-state index in [9.17, 15) is 18.0 Å². The summed E-state index contributed by atoms with van der Waals surface area (Å²) in [4.78, 5) is 17.2. The van der Waals surface area contributed by atoms with E-state index in [4.69, 9.17) is 15.5 Å². The summed E-state index contributed by atoms with van der Waals surface area (Å²) in [5.41, 5.74) is 3.91.